The van der Waals surface area contributed by atoms with E-state index in [-0.39, 0.29) is 0 Å². The van der Waals surface area contributed by atoms with Crippen molar-refractivity contribution in [1.29, 1.82) is 0 Å². The zero-order valence-electron chi connectivity index (χ0n) is 1.58. The van der Waals surface area contributed by atoms with Crippen LogP contribution in [0.1, 0.15) is 0 Å². The molecule has 0 amide bonds. The lowest BCUT2D eigenvalue weighted by Gasteiger charge is -1.72. The summed E-state index contributed by atoms with van der Waals surface area (Å²) >= 11 is 8.41. The van der Waals surface area contributed by atoms with E-state index in [1.54, 1.807) is 0 Å². The quantitative estimate of drug-likeness (QED) is 0.420. The molecule has 0 N–H and O–H groups in total. The van der Waals surface area contributed by atoms with Gasteiger partial charge in [-0.15, -0.1) is 0 Å². The molecule has 4 heteroatoms. The maximum atomic E-state index is 10.4. The maximum absolute atomic E-state index is 10.4. The van der Waals surface area contributed by atoms with Crippen molar-refractivity contribution in [2.45, 2.75) is 0 Å². The van der Waals surface area contributed by atoms with Crippen LogP contribution < -0.4 is 0 Å². The predicted octanol–water partition coefficient (Wildman–Crippen LogP) is 1.48. The first-order valence-corrected chi connectivity index (χ1v) is 1.18. The summed E-state index contributed by atoms with van der Waals surface area (Å²) in [5.41, 5.74) is 0. The molecule has 0 heterocycles. The smallest absolute Gasteiger partial charge is 0.0390 e. The second kappa shape index (κ2) is 1.76. The Bertz CT molecular complexity index is 10.8. The van der Waals surface area contributed by atoms with Crippen LogP contribution in [0.4, 0.5) is 4.48 Å². The molecule has 0 aromatic carbocycles. The Labute approximate surface area is 33.1 Å². The Morgan fingerprint density at radius 1 is 1.50 bits per heavy atom. The average molecular weight is 104 g/mol. The Hall–Kier alpha value is 0.470. The highest BCUT2D eigenvalue weighted by Gasteiger charge is 1.75. The molecule has 0 unspecified atom stereocenters. The minimum atomic E-state index is -0.556. The summed E-state index contributed by atoms with van der Waals surface area (Å²) in [6.07, 6.45) is 0. The number of rotatable bonds is 0. The molecule has 0 aliphatic carbocycles. The van der Waals surface area contributed by atoms with Gasteiger partial charge < -0.3 is 0 Å². The number of hydrogen-bond acceptors (Lipinski definition) is 1. The zero-order valence-corrected chi connectivity index (χ0v) is 3.09. The fourth-order valence-corrected chi connectivity index (χ4v) is 0. The molecule has 0 bridgehead atoms. The van der Waals surface area contributed by atoms with Crippen LogP contribution in [-0.4, -0.2) is 4.16 Å². The fraction of sp³-hybridized carbons (Fsp3) is 0. The summed E-state index contributed by atoms with van der Waals surface area (Å²) in [6, 6.07) is 0. The third-order valence-corrected chi connectivity index (χ3v) is 0. The topological polar surface area (TPSA) is 3.24 Å². The Kier molecular flexibility index (Phi) is 1.96. The van der Waals surface area contributed by atoms with Gasteiger partial charge in [0.1, 0.15) is 0 Å². The first-order valence-electron chi connectivity index (χ1n) is 0.507. The van der Waals surface area contributed by atoms with E-state index >= 15 is 0 Å². The summed E-state index contributed by atoms with van der Waals surface area (Å²) in [5, 5.41) is 0. The predicted molar refractivity (Wildman–Crippen MR) is 14.7 cm³/mol. The summed E-state index contributed by atoms with van der Waals surface area (Å²) in [4.78, 5) is 0. The number of hydrogen-bond donors (Lipinski definition) is 0. The van der Waals surface area contributed by atoms with E-state index in [0.29, 0.717) is 0 Å². The van der Waals surface area contributed by atoms with Gasteiger partial charge in [0, 0.05) is 27.7 Å². The first-order chi connectivity index (χ1) is 1.73. The summed E-state index contributed by atoms with van der Waals surface area (Å²) in [5.74, 6) is 0. The fourth-order valence-electron chi connectivity index (χ4n) is 0. The van der Waals surface area contributed by atoms with E-state index in [4.69, 9.17) is 0 Å². The summed E-state index contributed by atoms with van der Waals surface area (Å²) < 4.78 is 9.81. The molecule has 1 nitrogen and oxygen atoms in total. The summed E-state index contributed by atoms with van der Waals surface area (Å²) in [7, 11) is 0. The van der Waals surface area contributed by atoms with Gasteiger partial charge in [-0.2, -0.15) is 0 Å². The van der Waals surface area contributed by atoms with Crippen molar-refractivity contribution in [3.63, 3.8) is 0 Å². The van der Waals surface area contributed by atoms with E-state index in [2.05, 4.69) is 23.6 Å². The molecule has 0 aliphatic heterocycles. The van der Waals surface area contributed by atoms with Crippen LogP contribution in [0, 0.1) is 0 Å². The van der Waals surface area contributed by atoms with Gasteiger partial charge in [-0.3, -0.25) is 0 Å². The molecule has 0 saturated heterocycles. The van der Waals surface area contributed by atoms with Crippen molar-refractivity contribution in [3.8, 4) is 0 Å². The lowest BCUT2D eigenvalue weighted by Crippen LogP contribution is -1.65. The lowest BCUT2D eigenvalue weighted by atomic mass is 13.7. The van der Waals surface area contributed by atoms with Crippen molar-refractivity contribution in [2.75, 3.05) is 0 Å². The normalized spacial score (nSPS) is 9.00. The molecular formula is Cl2FN. The maximum Gasteiger partial charge on any atom is 0.0390 e. The lowest BCUT2D eigenvalue weighted by molar-refractivity contribution is 0.277. The van der Waals surface area contributed by atoms with Crippen LogP contribution in [-0.2, 0) is 0 Å². The largest absolute Gasteiger partial charge is 0.0998 e. The second-order valence-corrected chi connectivity index (χ2v) is 0.958. The van der Waals surface area contributed by atoms with Crippen molar-refractivity contribution >= 4 is 23.6 Å². The molecule has 0 saturated carbocycles. The summed E-state index contributed by atoms with van der Waals surface area (Å²) in [6.45, 7) is 0. The van der Waals surface area contributed by atoms with Crippen LogP contribution in [0.2, 0.25) is 0 Å². The molecule has 0 atom stereocenters. The molecule has 0 aromatic rings. The van der Waals surface area contributed by atoms with Crippen LogP contribution in [0.5, 0.6) is 0 Å². The highest BCUT2D eigenvalue weighted by Crippen LogP contribution is 1.94. The molecule has 26 valence electrons. The Morgan fingerprint density at radius 3 is 1.50 bits per heavy atom. The van der Waals surface area contributed by atoms with Gasteiger partial charge in [-0.1, -0.05) is 4.48 Å². The van der Waals surface area contributed by atoms with Gasteiger partial charge >= 0.3 is 0 Å². The average Bonchev–Trinajstić information content (AvgIpc) is 0.811. The molecule has 0 spiro atoms. The van der Waals surface area contributed by atoms with Crippen molar-refractivity contribution in [3.05, 3.63) is 0 Å². The minimum Gasteiger partial charge on any atom is -0.0998 e. The Balaban J connectivity index is 2.32. The monoisotopic (exact) mass is 103 g/mol. The van der Waals surface area contributed by atoms with Crippen LogP contribution in [0.3, 0.4) is 0 Å². The molecule has 0 radical (unpaired) electrons. The van der Waals surface area contributed by atoms with Gasteiger partial charge in [0.25, 0.3) is 0 Å². The molecule has 0 rings (SSSR count). The molecular weight excluding hydrogens is 104 g/mol. The van der Waals surface area contributed by atoms with Crippen LogP contribution in [0.25, 0.3) is 0 Å². The van der Waals surface area contributed by atoms with E-state index in [0.717, 1.165) is 0 Å². The standard InChI is InChI=1S/Cl2FN/c1-4(2)3. The first kappa shape index (κ1) is 4.47. The Morgan fingerprint density at radius 2 is 1.50 bits per heavy atom. The highest BCUT2D eigenvalue weighted by molar-refractivity contribution is 6.32. The minimum absolute atomic E-state index is 0.556. The van der Waals surface area contributed by atoms with Gasteiger partial charge in [0.15, 0.2) is 0 Å². The van der Waals surface area contributed by atoms with Gasteiger partial charge in [0.2, 0.25) is 0 Å². The molecule has 0 aliphatic rings. The second-order valence-electron chi connectivity index (χ2n) is 0.192. The van der Waals surface area contributed by atoms with Gasteiger partial charge in [-0.25, -0.2) is 0 Å². The number of nitrogens with zero attached hydrogens (tertiary/aromatic N) is 1. The highest BCUT2D eigenvalue weighted by atomic mass is 35.5. The van der Waals surface area contributed by atoms with E-state index in [1.165, 1.54) is 0 Å². The van der Waals surface area contributed by atoms with Gasteiger partial charge in [0.05, 0.1) is 0 Å². The van der Waals surface area contributed by atoms with Crippen molar-refractivity contribution in [1.82, 2.24) is 4.16 Å². The molecule has 4 heavy (non-hydrogen) atoms. The van der Waals surface area contributed by atoms with E-state index in [1.807, 2.05) is 0 Å². The van der Waals surface area contributed by atoms with Crippen molar-refractivity contribution in [2.24, 2.45) is 0 Å². The van der Waals surface area contributed by atoms with Crippen LogP contribution >= 0.6 is 23.6 Å². The molecule has 0 aromatic heterocycles. The van der Waals surface area contributed by atoms with E-state index < -0.39 is 4.16 Å². The third kappa shape index (κ3) is 24.2. The van der Waals surface area contributed by atoms with E-state index in [9.17, 15) is 4.48 Å². The van der Waals surface area contributed by atoms with Crippen molar-refractivity contribution < 1.29 is 4.48 Å². The SMILES string of the molecule is FN(Cl)Cl. The number of halogens is 3. The molecule has 0 fully saturated rings. The van der Waals surface area contributed by atoms with Crippen LogP contribution in [0.15, 0.2) is 0 Å². The van der Waals surface area contributed by atoms with Gasteiger partial charge in [-0.05, 0) is 0 Å². The third-order valence-electron chi connectivity index (χ3n) is 0. The zero-order chi connectivity index (χ0) is 3.58.